The van der Waals surface area contributed by atoms with Gasteiger partial charge in [0.25, 0.3) is 5.91 Å². The molecule has 5 nitrogen and oxygen atoms in total. The molecule has 204 valence electrons. The summed E-state index contributed by atoms with van der Waals surface area (Å²) in [6.45, 7) is 13.9. The van der Waals surface area contributed by atoms with Crippen molar-refractivity contribution in [1.82, 2.24) is 14.7 Å². The Morgan fingerprint density at radius 3 is 2.24 bits per heavy atom. The van der Waals surface area contributed by atoms with Gasteiger partial charge in [0, 0.05) is 44.3 Å². The molecule has 1 aliphatic rings. The van der Waals surface area contributed by atoms with Gasteiger partial charge in [0.1, 0.15) is 5.75 Å². The quantitative estimate of drug-likeness (QED) is 0.364. The summed E-state index contributed by atoms with van der Waals surface area (Å²) >= 11 is 0. The van der Waals surface area contributed by atoms with Gasteiger partial charge in [-0.2, -0.15) is 13.2 Å². The maximum absolute atomic E-state index is 12.8. The number of piperazine rings is 1. The minimum atomic E-state index is -4.41. The van der Waals surface area contributed by atoms with Crippen molar-refractivity contribution < 1.29 is 22.7 Å². The van der Waals surface area contributed by atoms with Crippen molar-refractivity contribution in [3.8, 4) is 5.75 Å². The Kier molecular flexibility index (Phi) is 10.0. The fourth-order valence-corrected chi connectivity index (χ4v) is 4.93. The molecule has 1 amide bonds. The molecule has 0 aliphatic carbocycles. The topological polar surface area (TPSA) is 36.0 Å². The van der Waals surface area contributed by atoms with Crippen LogP contribution in [0.2, 0.25) is 0 Å². The predicted octanol–water partition coefficient (Wildman–Crippen LogP) is 5.95. The molecule has 3 rings (SSSR count). The van der Waals surface area contributed by atoms with Gasteiger partial charge in [0.05, 0.1) is 12.2 Å². The average molecular weight is 520 g/mol. The van der Waals surface area contributed by atoms with Crippen LogP contribution in [0.3, 0.4) is 0 Å². The van der Waals surface area contributed by atoms with Crippen LogP contribution in [0.25, 0.3) is 0 Å². The molecule has 1 saturated heterocycles. The fourth-order valence-electron chi connectivity index (χ4n) is 4.93. The first-order valence-electron chi connectivity index (χ1n) is 13.1. The molecule has 0 saturated carbocycles. The first kappa shape index (κ1) is 29.0. The van der Waals surface area contributed by atoms with Gasteiger partial charge in [0.2, 0.25) is 0 Å². The van der Waals surface area contributed by atoms with Crippen LogP contribution in [0.5, 0.6) is 5.75 Å². The molecular weight excluding hydrogens is 479 g/mol. The molecule has 1 unspecified atom stereocenters. The number of halogens is 3. The van der Waals surface area contributed by atoms with Gasteiger partial charge in [-0.3, -0.25) is 9.69 Å². The third-order valence-electron chi connectivity index (χ3n) is 7.38. The summed E-state index contributed by atoms with van der Waals surface area (Å²) in [6, 6.07) is 8.85. The summed E-state index contributed by atoms with van der Waals surface area (Å²) in [7, 11) is 2.14. The van der Waals surface area contributed by atoms with Crippen LogP contribution in [0, 0.1) is 13.8 Å². The van der Waals surface area contributed by atoms with Crippen LogP contribution >= 0.6 is 0 Å². The number of hydrogen-bond acceptors (Lipinski definition) is 4. The number of hydrogen-bond donors (Lipinski definition) is 0. The lowest BCUT2D eigenvalue weighted by Gasteiger charge is -2.39. The SMILES string of the molecule is CCCN(C)CCCOc1ccc(C(C)N2CCN(C(=O)c3ccc(C(F)(F)F)cc3)CC2)c(C)c1C. The Bertz CT molecular complexity index is 1030. The minimum absolute atomic E-state index is 0.179. The Hall–Kier alpha value is -2.58. The number of rotatable bonds is 10. The summed E-state index contributed by atoms with van der Waals surface area (Å²) < 4.78 is 44.5. The number of benzene rings is 2. The van der Waals surface area contributed by atoms with Gasteiger partial charge < -0.3 is 14.5 Å². The molecule has 1 heterocycles. The van der Waals surface area contributed by atoms with E-state index >= 15 is 0 Å². The van der Waals surface area contributed by atoms with Gasteiger partial charge in [-0.15, -0.1) is 0 Å². The highest BCUT2D eigenvalue weighted by atomic mass is 19.4. The number of amides is 1. The summed E-state index contributed by atoms with van der Waals surface area (Å²) in [6.07, 6.45) is -2.27. The van der Waals surface area contributed by atoms with E-state index in [1.54, 1.807) is 4.90 Å². The van der Waals surface area contributed by atoms with Crippen LogP contribution in [-0.4, -0.2) is 73.5 Å². The van der Waals surface area contributed by atoms with Gasteiger partial charge in [-0.1, -0.05) is 13.0 Å². The number of alkyl halides is 3. The Morgan fingerprint density at radius 2 is 1.65 bits per heavy atom. The van der Waals surface area contributed by atoms with Crippen molar-refractivity contribution in [2.45, 2.75) is 52.8 Å². The second kappa shape index (κ2) is 12.8. The first-order valence-corrected chi connectivity index (χ1v) is 13.1. The maximum atomic E-state index is 12.8. The normalized spacial score (nSPS) is 15.8. The van der Waals surface area contributed by atoms with Crippen molar-refractivity contribution in [3.05, 3.63) is 64.2 Å². The summed E-state index contributed by atoms with van der Waals surface area (Å²) in [5.41, 5.74) is 3.16. The van der Waals surface area contributed by atoms with E-state index in [2.05, 4.69) is 56.7 Å². The second-order valence-corrected chi connectivity index (χ2v) is 9.99. The molecule has 0 aromatic heterocycles. The van der Waals surface area contributed by atoms with E-state index in [1.807, 2.05) is 0 Å². The largest absolute Gasteiger partial charge is 0.493 e. The van der Waals surface area contributed by atoms with Crippen LogP contribution in [0.15, 0.2) is 36.4 Å². The van der Waals surface area contributed by atoms with Crippen LogP contribution in [0.4, 0.5) is 13.2 Å². The molecule has 2 aromatic carbocycles. The highest BCUT2D eigenvalue weighted by Crippen LogP contribution is 2.32. The van der Waals surface area contributed by atoms with Crippen LogP contribution in [0.1, 0.15) is 65.3 Å². The Morgan fingerprint density at radius 1 is 1.00 bits per heavy atom. The molecule has 0 spiro atoms. The van der Waals surface area contributed by atoms with Crippen LogP contribution in [-0.2, 0) is 6.18 Å². The highest BCUT2D eigenvalue weighted by Gasteiger charge is 2.31. The number of nitrogens with zero attached hydrogens (tertiary/aromatic N) is 3. The molecule has 1 atom stereocenters. The zero-order valence-electron chi connectivity index (χ0n) is 22.7. The molecule has 1 fully saturated rings. The molecule has 0 bridgehead atoms. The molecule has 8 heteroatoms. The van der Waals surface area contributed by atoms with E-state index in [9.17, 15) is 18.0 Å². The third kappa shape index (κ3) is 7.48. The Labute approximate surface area is 219 Å². The van der Waals surface area contributed by atoms with E-state index in [0.717, 1.165) is 49.4 Å². The van der Waals surface area contributed by atoms with E-state index in [1.165, 1.54) is 23.3 Å². The van der Waals surface area contributed by atoms with Crippen molar-refractivity contribution in [2.75, 3.05) is 52.9 Å². The zero-order valence-corrected chi connectivity index (χ0v) is 22.7. The van der Waals surface area contributed by atoms with E-state index < -0.39 is 11.7 Å². The lowest BCUT2D eigenvalue weighted by atomic mass is 9.96. The van der Waals surface area contributed by atoms with Crippen molar-refractivity contribution in [1.29, 1.82) is 0 Å². The first-order chi connectivity index (χ1) is 17.5. The molecule has 0 radical (unpaired) electrons. The zero-order chi connectivity index (χ0) is 27.2. The molecule has 37 heavy (non-hydrogen) atoms. The molecule has 0 N–H and O–H groups in total. The summed E-state index contributed by atoms with van der Waals surface area (Å²) in [5.74, 6) is 0.703. The number of ether oxygens (including phenoxy) is 1. The third-order valence-corrected chi connectivity index (χ3v) is 7.38. The second-order valence-electron chi connectivity index (χ2n) is 9.99. The standard InChI is InChI=1S/C29H40F3N3O2/c1-6-14-33(5)15-7-20-37-27-13-12-26(21(2)22(27)3)23(4)34-16-18-35(19-17-34)28(36)24-8-10-25(11-9-24)29(30,31)32/h8-13,23H,6-7,14-20H2,1-5H3. The molecule has 1 aliphatic heterocycles. The average Bonchev–Trinajstić information content (AvgIpc) is 2.88. The van der Waals surface area contributed by atoms with Gasteiger partial charge in [-0.05, 0) is 94.2 Å². The van der Waals surface area contributed by atoms with Crippen molar-refractivity contribution in [3.63, 3.8) is 0 Å². The van der Waals surface area contributed by atoms with Crippen molar-refractivity contribution in [2.24, 2.45) is 0 Å². The summed E-state index contributed by atoms with van der Waals surface area (Å²) in [5, 5.41) is 0. The number of carbonyl (C=O) groups is 1. The number of carbonyl (C=O) groups excluding carboxylic acids is 1. The molecular formula is C29H40F3N3O2. The van der Waals surface area contributed by atoms with E-state index in [-0.39, 0.29) is 17.5 Å². The van der Waals surface area contributed by atoms with Gasteiger partial charge in [-0.25, -0.2) is 0 Å². The smallest absolute Gasteiger partial charge is 0.416 e. The summed E-state index contributed by atoms with van der Waals surface area (Å²) in [4.78, 5) is 19.2. The monoisotopic (exact) mass is 519 g/mol. The van der Waals surface area contributed by atoms with E-state index in [0.29, 0.717) is 32.8 Å². The lowest BCUT2D eigenvalue weighted by Crippen LogP contribution is -2.49. The predicted molar refractivity (Wildman–Crippen MR) is 141 cm³/mol. The maximum Gasteiger partial charge on any atom is 0.416 e. The molecule has 2 aromatic rings. The van der Waals surface area contributed by atoms with Crippen LogP contribution < -0.4 is 4.74 Å². The minimum Gasteiger partial charge on any atom is -0.493 e. The van der Waals surface area contributed by atoms with Gasteiger partial charge >= 0.3 is 6.18 Å². The highest BCUT2D eigenvalue weighted by molar-refractivity contribution is 5.94. The Balaban J connectivity index is 1.55. The lowest BCUT2D eigenvalue weighted by molar-refractivity contribution is -0.137. The fraction of sp³-hybridized carbons (Fsp3) is 0.552. The van der Waals surface area contributed by atoms with E-state index in [4.69, 9.17) is 4.74 Å². The van der Waals surface area contributed by atoms with Gasteiger partial charge in [0.15, 0.2) is 0 Å². The van der Waals surface area contributed by atoms with Crippen molar-refractivity contribution >= 4 is 5.91 Å².